The first-order valence-corrected chi connectivity index (χ1v) is 6.73. The third kappa shape index (κ3) is 3.55. The van der Waals surface area contributed by atoms with Crippen molar-refractivity contribution in [3.05, 3.63) is 35.4 Å². The number of aryl methyl sites for hydroxylation is 2. The molecule has 17 heavy (non-hydrogen) atoms. The topological polar surface area (TPSA) is 32.3 Å². The Bertz CT molecular complexity index is 338. The van der Waals surface area contributed by atoms with Gasteiger partial charge in [0.05, 0.1) is 5.60 Å². The third-order valence-corrected chi connectivity index (χ3v) is 3.84. The molecular formula is C15H23NO. The van der Waals surface area contributed by atoms with Crippen molar-refractivity contribution in [1.82, 2.24) is 5.32 Å². The molecule has 1 saturated heterocycles. The molecule has 0 atom stereocenters. The van der Waals surface area contributed by atoms with Gasteiger partial charge in [-0.25, -0.2) is 0 Å². The predicted octanol–water partition coefficient (Wildman–Crippen LogP) is 2.30. The van der Waals surface area contributed by atoms with E-state index in [9.17, 15) is 5.11 Å². The van der Waals surface area contributed by atoms with E-state index in [1.54, 1.807) is 0 Å². The van der Waals surface area contributed by atoms with Crippen LogP contribution in [0.5, 0.6) is 0 Å². The van der Waals surface area contributed by atoms with Crippen LogP contribution >= 0.6 is 0 Å². The maximum Gasteiger partial charge on any atom is 0.0675 e. The molecule has 1 aromatic rings. The monoisotopic (exact) mass is 233 g/mol. The van der Waals surface area contributed by atoms with Crippen LogP contribution in [0, 0.1) is 0 Å². The van der Waals surface area contributed by atoms with Crippen LogP contribution in [-0.4, -0.2) is 23.8 Å². The van der Waals surface area contributed by atoms with E-state index in [0.717, 1.165) is 45.2 Å². The molecule has 0 bridgehead atoms. The maximum absolute atomic E-state index is 10.4. The molecule has 1 fully saturated rings. The minimum absolute atomic E-state index is 0.436. The molecule has 0 aromatic heterocycles. The molecule has 2 nitrogen and oxygen atoms in total. The zero-order valence-electron chi connectivity index (χ0n) is 10.7. The Labute approximate surface area is 104 Å². The van der Waals surface area contributed by atoms with E-state index in [0.29, 0.717) is 0 Å². The van der Waals surface area contributed by atoms with E-state index in [2.05, 4.69) is 36.5 Å². The van der Waals surface area contributed by atoms with Crippen molar-refractivity contribution in [2.45, 2.75) is 44.6 Å². The highest BCUT2D eigenvalue weighted by Crippen LogP contribution is 2.24. The van der Waals surface area contributed by atoms with E-state index >= 15 is 0 Å². The lowest BCUT2D eigenvalue weighted by atomic mass is 9.86. The second kappa shape index (κ2) is 5.65. The fourth-order valence-corrected chi connectivity index (χ4v) is 2.46. The lowest BCUT2D eigenvalue weighted by Crippen LogP contribution is -2.42. The highest BCUT2D eigenvalue weighted by molar-refractivity contribution is 5.22. The molecule has 94 valence electrons. The van der Waals surface area contributed by atoms with Gasteiger partial charge in [0.2, 0.25) is 0 Å². The summed E-state index contributed by atoms with van der Waals surface area (Å²) in [6, 6.07) is 8.79. The van der Waals surface area contributed by atoms with E-state index < -0.39 is 5.60 Å². The van der Waals surface area contributed by atoms with Gasteiger partial charge in [0, 0.05) is 0 Å². The summed E-state index contributed by atoms with van der Waals surface area (Å²) in [5.74, 6) is 0. The molecule has 2 rings (SSSR count). The molecule has 0 radical (unpaired) electrons. The Morgan fingerprint density at radius 3 is 2.29 bits per heavy atom. The summed E-state index contributed by atoms with van der Waals surface area (Å²) in [7, 11) is 0. The highest BCUT2D eigenvalue weighted by Gasteiger charge is 2.28. The molecular weight excluding hydrogens is 210 g/mol. The van der Waals surface area contributed by atoms with Crippen molar-refractivity contribution in [3.8, 4) is 0 Å². The van der Waals surface area contributed by atoms with Crippen molar-refractivity contribution in [3.63, 3.8) is 0 Å². The van der Waals surface area contributed by atoms with Crippen molar-refractivity contribution in [1.29, 1.82) is 0 Å². The summed E-state index contributed by atoms with van der Waals surface area (Å²) in [5.41, 5.74) is 2.29. The summed E-state index contributed by atoms with van der Waals surface area (Å²) in [4.78, 5) is 0. The second-order valence-electron chi connectivity index (χ2n) is 5.14. The Kier molecular flexibility index (Phi) is 4.19. The maximum atomic E-state index is 10.4. The first kappa shape index (κ1) is 12.6. The quantitative estimate of drug-likeness (QED) is 0.836. The average molecular weight is 233 g/mol. The largest absolute Gasteiger partial charge is 0.390 e. The van der Waals surface area contributed by atoms with Gasteiger partial charge < -0.3 is 10.4 Å². The fourth-order valence-electron chi connectivity index (χ4n) is 2.46. The smallest absolute Gasteiger partial charge is 0.0675 e. The van der Waals surface area contributed by atoms with Crippen molar-refractivity contribution < 1.29 is 5.11 Å². The molecule has 0 aliphatic carbocycles. The SMILES string of the molecule is CCc1ccc(CCC2(O)CCNCC2)cc1. The van der Waals surface area contributed by atoms with Gasteiger partial charge in [0.25, 0.3) is 0 Å². The van der Waals surface area contributed by atoms with Crippen molar-refractivity contribution in [2.75, 3.05) is 13.1 Å². The molecule has 1 aliphatic heterocycles. The van der Waals surface area contributed by atoms with E-state index in [4.69, 9.17) is 0 Å². The average Bonchev–Trinajstić information content (AvgIpc) is 2.38. The van der Waals surface area contributed by atoms with Gasteiger partial charge in [-0.15, -0.1) is 0 Å². The Balaban J connectivity index is 1.87. The zero-order chi connectivity index (χ0) is 12.1. The summed E-state index contributed by atoms with van der Waals surface area (Å²) < 4.78 is 0. The van der Waals surface area contributed by atoms with Crippen molar-refractivity contribution >= 4 is 0 Å². The van der Waals surface area contributed by atoms with Crippen LogP contribution in [0.4, 0.5) is 0 Å². The van der Waals surface area contributed by atoms with E-state index in [-0.39, 0.29) is 0 Å². The second-order valence-corrected chi connectivity index (χ2v) is 5.14. The summed E-state index contributed by atoms with van der Waals surface area (Å²) in [6.45, 7) is 4.07. The fraction of sp³-hybridized carbons (Fsp3) is 0.600. The number of nitrogens with one attached hydrogen (secondary N) is 1. The first-order valence-electron chi connectivity index (χ1n) is 6.73. The minimum atomic E-state index is -0.436. The highest BCUT2D eigenvalue weighted by atomic mass is 16.3. The number of hydrogen-bond donors (Lipinski definition) is 2. The summed E-state index contributed by atoms with van der Waals surface area (Å²) in [6.07, 6.45) is 4.75. The Morgan fingerprint density at radius 2 is 1.71 bits per heavy atom. The van der Waals surface area contributed by atoms with Crippen molar-refractivity contribution in [2.24, 2.45) is 0 Å². The van der Waals surface area contributed by atoms with Gasteiger partial charge >= 0.3 is 0 Å². The first-order chi connectivity index (χ1) is 8.22. The third-order valence-electron chi connectivity index (χ3n) is 3.84. The van der Waals surface area contributed by atoms with Gasteiger partial charge in [-0.1, -0.05) is 31.2 Å². The summed E-state index contributed by atoms with van der Waals surface area (Å²) in [5, 5.41) is 13.7. The molecule has 1 aliphatic rings. The molecule has 0 spiro atoms. The minimum Gasteiger partial charge on any atom is -0.390 e. The lowest BCUT2D eigenvalue weighted by molar-refractivity contribution is 0.00281. The van der Waals surface area contributed by atoms with Crippen LogP contribution in [0.25, 0.3) is 0 Å². The van der Waals surface area contributed by atoms with Gasteiger partial charge in [-0.2, -0.15) is 0 Å². The number of benzene rings is 1. The summed E-state index contributed by atoms with van der Waals surface area (Å²) >= 11 is 0. The van der Waals surface area contributed by atoms with Gasteiger partial charge in [0.15, 0.2) is 0 Å². The number of aliphatic hydroxyl groups is 1. The number of rotatable bonds is 4. The van der Waals surface area contributed by atoms with Crippen LogP contribution in [0.15, 0.2) is 24.3 Å². The predicted molar refractivity (Wildman–Crippen MR) is 71.2 cm³/mol. The van der Waals surface area contributed by atoms with Crippen LogP contribution in [0.1, 0.15) is 37.3 Å². The van der Waals surface area contributed by atoms with Crippen LogP contribution in [0.3, 0.4) is 0 Å². The van der Waals surface area contributed by atoms with Crippen LogP contribution in [0.2, 0.25) is 0 Å². The Hall–Kier alpha value is -0.860. The molecule has 1 aromatic carbocycles. The normalized spacial score (nSPS) is 19.2. The lowest BCUT2D eigenvalue weighted by Gasteiger charge is -2.32. The molecule has 1 heterocycles. The molecule has 0 unspecified atom stereocenters. The van der Waals surface area contributed by atoms with E-state index in [1.807, 2.05) is 0 Å². The van der Waals surface area contributed by atoms with Gasteiger partial charge in [0.1, 0.15) is 0 Å². The Morgan fingerprint density at radius 1 is 1.12 bits per heavy atom. The van der Waals surface area contributed by atoms with Crippen LogP contribution in [-0.2, 0) is 12.8 Å². The molecule has 0 amide bonds. The molecule has 2 N–H and O–H groups in total. The van der Waals surface area contributed by atoms with Gasteiger partial charge in [-0.05, 0) is 56.3 Å². The standard InChI is InChI=1S/C15H23NO/c1-2-13-3-5-14(6-4-13)7-8-15(17)9-11-16-12-10-15/h3-6,16-17H,2,7-12H2,1H3. The van der Waals surface area contributed by atoms with Gasteiger partial charge in [-0.3, -0.25) is 0 Å². The number of hydrogen-bond acceptors (Lipinski definition) is 2. The molecule has 0 saturated carbocycles. The zero-order valence-corrected chi connectivity index (χ0v) is 10.7. The molecule has 2 heteroatoms. The number of piperidine rings is 1. The van der Waals surface area contributed by atoms with E-state index in [1.165, 1.54) is 11.1 Å². The van der Waals surface area contributed by atoms with Crippen LogP contribution < -0.4 is 5.32 Å².